The molecule has 1 aromatic heterocycles. The van der Waals surface area contributed by atoms with Gasteiger partial charge in [0.2, 0.25) is 0 Å². The van der Waals surface area contributed by atoms with Gasteiger partial charge >= 0.3 is 0 Å². The first-order valence-corrected chi connectivity index (χ1v) is 7.18. The summed E-state index contributed by atoms with van der Waals surface area (Å²) in [5, 5.41) is 0.798. The fourth-order valence-corrected chi connectivity index (χ4v) is 2.37. The van der Waals surface area contributed by atoms with Crippen LogP contribution in [0.4, 0.5) is 0 Å². The van der Waals surface area contributed by atoms with Crippen molar-refractivity contribution in [3.63, 3.8) is 0 Å². The van der Waals surface area contributed by atoms with Gasteiger partial charge in [0.05, 0.1) is 5.56 Å². The summed E-state index contributed by atoms with van der Waals surface area (Å²) in [5.41, 5.74) is 0.648. The molecule has 3 nitrogen and oxygen atoms in total. The van der Waals surface area contributed by atoms with Gasteiger partial charge in [0.1, 0.15) is 12.0 Å². The van der Waals surface area contributed by atoms with Gasteiger partial charge in [-0.1, -0.05) is 29.8 Å². The molecule has 1 amide bonds. The molecule has 1 heterocycles. The van der Waals surface area contributed by atoms with E-state index in [9.17, 15) is 4.79 Å². The van der Waals surface area contributed by atoms with Crippen molar-refractivity contribution in [2.45, 2.75) is 39.7 Å². The van der Waals surface area contributed by atoms with E-state index in [0.29, 0.717) is 11.6 Å². The number of aryl methyl sites for hydroxylation is 1. The fraction of sp³-hybridized carbons (Fsp3) is 0.615. The number of hydrogen-bond donors (Lipinski definition) is 0. The molecule has 0 atom stereocenters. The molecule has 96 valence electrons. The van der Waals surface area contributed by atoms with Gasteiger partial charge in [-0.05, 0) is 25.8 Å². The Morgan fingerprint density at radius 3 is 2.53 bits per heavy atom. The van der Waals surface area contributed by atoms with Gasteiger partial charge in [0.15, 0.2) is 0 Å². The molecule has 0 N–H and O–H groups in total. The van der Waals surface area contributed by atoms with E-state index in [1.807, 2.05) is 11.8 Å². The second-order valence-corrected chi connectivity index (χ2v) is 4.90. The van der Waals surface area contributed by atoms with Crippen LogP contribution in [0.2, 0.25) is 0 Å². The number of alkyl halides is 1. The van der Waals surface area contributed by atoms with Crippen LogP contribution < -0.4 is 0 Å². The molecule has 0 spiro atoms. The van der Waals surface area contributed by atoms with Crippen molar-refractivity contribution in [1.82, 2.24) is 4.90 Å². The first-order chi connectivity index (χ1) is 8.13. The van der Waals surface area contributed by atoms with Gasteiger partial charge in [0.25, 0.3) is 5.91 Å². The topological polar surface area (TPSA) is 33.5 Å². The summed E-state index contributed by atoms with van der Waals surface area (Å²) in [7, 11) is 0. The molecular weight excluding hydrogens is 282 g/mol. The molecular formula is C13H20BrNO2. The van der Waals surface area contributed by atoms with Crippen LogP contribution in [-0.4, -0.2) is 28.7 Å². The minimum atomic E-state index is 0.0648. The SMILES string of the molecule is CCC(CC)N(CCBr)C(=O)c1coc(C)c1. The Labute approximate surface area is 111 Å². The molecule has 1 aromatic rings. The minimum Gasteiger partial charge on any atom is -0.469 e. The van der Waals surface area contributed by atoms with E-state index in [-0.39, 0.29) is 5.91 Å². The Morgan fingerprint density at radius 1 is 1.47 bits per heavy atom. The highest BCUT2D eigenvalue weighted by Gasteiger charge is 2.22. The highest BCUT2D eigenvalue weighted by Crippen LogP contribution is 2.15. The Bertz CT molecular complexity index is 358. The van der Waals surface area contributed by atoms with Gasteiger partial charge in [-0.2, -0.15) is 0 Å². The van der Waals surface area contributed by atoms with Gasteiger partial charge in [-0.25, -0.2) is 0 Å². The largest absolute Gasteiger partial charge is 0.469 e. The molecule has 0 aromatic carbocycles. The molecule has 1 rings (SSSR count). The van der Waals surface area contributed by atoms with Crippen molar-refractivity contribution >= 4 is 21.8 Å². The van der Waals surface area contributed by atoms with Crippen LogP contribution in [0.5, 0.6) is 0 Å². The molecule has 0 fully saturated rings. The van der Waals surface area contributed by atoms with Crippen LogP contribution in [-0.2, 0) is 0 Å². The summed E-state index contributed by atoms with van der Waals surface area (Å²) in [5.74, 6) is 0.840. The normalized spacial score (nSPS) is 10.9. The van der Waals surface area contributed by atoms with Crippen molar-refractivity contribution in [3.05, 3.63) is 23.7 Å². The van der Waals surface area contributed by atoms with Crippen molar-refractivity contribution < 1.29 is 9.21 Å². The first-order valence-electron chi connectivity index (χ1n) is 6.06. The number of carbonyl (C=O) groups is 1. The average Bonchev–Trinajstić information content (AvgIpc) is 2.75. The van der Waals surface area contributed by atoms with Crippen molar-refractivity contribution in [2.75, 3.05) is 11.9 Å². The third kappa shape index (κ3) is 3.60. The van der Waals surface area contributed by atoms with E-state index in [0.717, 1.165) is 30.5 Å². The van der Waals surface area contributed by atoms with E-state index in [1.165, 1.54) is 0 Å². The Hall–Kier alpha value is -0.770. The van der Waals surface area contributed by atoms with Crippen LogP contribution in [0.1, 0.15) is 42.8 Å². The summed E-state index contributed by atoms with van der Waals surface area (Å²) in [6.45, 7) is 6.81. The maximum absolute atomic E-state index is 12.4. The van der Waals surface area contributed by atoms with Gasteiger partial charge in [0, 0.05) is 17.9 Å². The van der Waals surface area contributed by atoms with Crippen LogP contribution in [0.15, 0.2) is 16.7 Å². The van der Waals surface area contributed by atoms with Crippen LogP contribution >= 0.6 is 15.9 Å². The third-order valence-corrected chi connectivity index (χ3v) is 3.30. The monoisotopic (exact) mass is 301 g/mol. The molecule has 0 saturated heterocycles. The molecule has 0 aliphatic rings. The number of hydrogen-bond acceptors (Lipinski definition) is 2. The van der Waals surface area contributed by atoms with E-state index in [2.05, 4.69) is 29.8 Å². The molecule has 0 bridgehead atoms. The van der Waals surface area contributed by atoms with E-state index < -0.39 is 0 Å². The molecule has 0 aliphatic heterocycles. The van der Waals surface area contributed by atoms with Crippen molar-refractivity contribution in [2.24, 2.45) is 0 Å². The number of furan rings is 1. The van der Waals surface area contributed by atoms with Gasteiger partial charge in [-0.3, -0.25) is 4.79 Å². The Kier molecular flexibility index (Phi) is 5.75. The number of nitrogens with zero attached hydrogens (tertiary/aromatic N) is 1. The number of rotatable bonds is 6. The smallest absolute Gasteiger partial charge is 0.257 e. The molecule has 0 saturated carbocycles. The zero-order chi connectivity index (χ0) is 12.8. The summed E-state index contributed by atoms with van der Waals surface area (Å²) in [6.07, 6.45) is 3.50. The highest BCUT2D eigenvalue weighted by atomic mass is 79.9. The minimum absolute atomic E-state index is 0.0648. The lowest BCUT2D eigenvalue weighted by Crippen LogP contribution is -2.40. The number of halogens is 1. The Balaban J connectivity index is 2.86. The summed E-state index contributed by atoms with van der Waals surface area (Å²) in [6, 6.07) is 2.10. The van der Waals surface area contributed by atoms with Gasteiger partial charge < -0.3 is 9.32 Å². The van der Waals surface area contributed by atoms with E-state index >= 15 is 0 Å². The predicted molar refractivity (Wildman–Crippen MR) is 72.6 cm³/mol. The zero-order valence-electron chi connectivity index (χ0n) is 10.7. The number of amides is 1. The highest BCUT2D eigenvalue weighted by molar-refractivity contribution is 9.09. The quantitative estimate of drug-likeness (QED) is 0.752. The van der Waals surface area contributed by atoms with Crippen molar-refractivity contribution in [3.8, 4) is 0 Å². The lowest BCUT2D eigenvalue weighted by Gasteiger charge is -2.29. The molecule has 17 heavy (non-hydrogen) atoms. The van der Waals surface area contributed by atoms with Crippen LogP contribution in [0.25, 0.3) is 0 Å². The maximum Gasteiger partial charge on any atom is 0.257 e. The summed E-state index contributed by atoms with van der Waals surface area (Å²) >= 11 is 3.41. The summed E-state index contributed by atoms with van der Waals surface area (Å²) in [4.78, 5) is 14.3. The molecule has 0 aliphatic carbocycles. The van der Waals surface area contributed by atoms with Crippen LogP contribution in [0, 0.1) is 6.92 Å². The maximum atomic E-state index is 12.4. The number of carbonyl (C=O) groups excluding carboxylic acids is 1. The summed E-state index contributed by atoms with van der Waals surface area (Å²) < 4.78 is 5.20. The van der Waals surface area contributed by atoms with E-state index in [1.54, 1.807) is 12.3 Å². The van der Waals surface area contributed by atoms with Crippen molar-refractivity contribution in [1.29, 1.82) is 0 Å². The van der Waals surface area contributed by atoms with Gasteiger partial charge in [-0.15, -0.1) is 0 Å². The predicted octanol–water partition coefficient (Wildman–Crippen LogP) is 3.61. The Morgan fingerprint density at radius 2 is 2.12 bits per heavy atom. The standard InChI is InChI=1S/C13H20BrNO2/c1-4-12(5-2)15(7-6-14)13(16)11-8-10(3)17-9-11/h8-9,12H,4-7H2,1-3H3. The molecule has 0 unspecified atom stereocenters. The second kappa shape index (κ2) is 6.84. The first kappa shape index (κ1) is 14.3. The lowest BCUT2D eigenvalue weighted by molar-refractivity contribution is 0.0682. The lowest BCUT2D eigenvalue weighted by atomic mass is 10.1. The molecule has 4 heteroatoms. The zero-order valence-corrected chi connectivity index (χ0v) is 12.3. The second-order valence-electron chi connectivity index (χ2n) is 4.10. The molecule has 0 radical (unpaired) electrons. The van der Waals surface area contributed by atoms with E-state index in [4.69, 9.17) is 4.42 Å². The van der Waals surface area contributed by atoms with Crippen LogP contribution in [0.3, 0.4) is 0 Å². The average molecular weight is 302 g/mol. The third-order valence-electron chi connectivity index (χ3n) is 2.95. The fourth-order valence-electron chi connectivity index (χ4n) is 1.99.